The molecule has 1 amide bonds. The number of ether oxygens (including phenoxy) is 1. The molecule has 0 aliphatic carbocycles. The Hall–Kier alpha value is -1.55. The zero-order valence-corrected chi connectivity index (χ0v) is 11.6. The summed E-state index contributed by atoms with van der Waals surface area (Å²) in [4.78, 5) is 11.6. The molecule has 1 aromatic rings. The van der Waals surface area contributed by atoms with Gasteiger partial charge in [-0.2, -0.15) is 0 Å². The van der Waals surface area contributed by atoms with Crippen LogP contribution in [0.5, 0.6) is 0 Å². The molecule has 2 unspecified atom stereocenters. The first-order valence-electron chi connectivity index (χ1n) is 6.73. The van der Waals surface area contributed by atoms with Gasteiger partial charge in [-0.3, -0.25) is 0 Å². The van der Waals surface area contributed by atoms with Crippen molar-refractivity contribution in [1.29, 1.82) is 0 Å². The summed E-state index contributed by atoms with van der Waals surface area (Å²) in [6, 6.07) is 9.27. The number of aliphatic hydroxyl groups excluding tert-OH is 1. The molecule has 2 atom stereocenters. The maximum atomic E-state index is 11.6. The normalized spacial score (nSPS) is 13.6. The number of carbonyl (C=O) groups excluding carboxylic acids is 1. The van der Waals surface area contributed by atoms with E-state index in [2.05, 4.69) is 19.2 Å². The van der Waals surface area contributed by atoms with Crippen molar-refractivity contribution in [2.75, 3.05) is 6.61 Å². The monoisotopic (exact) mass is 265 g/mol. The van der Waals surface area contributed by atoms with E-state index in [9.17, 15) is 9.90 Å². The number of amides is 1. The largest absolute Gasteiger partial charge is 0.445 e. The lowest BCUT2D eigenvalue weighted by Crippen LogP contribution is -2.38. The molecule has 4 heteroatoms. The van der Waals surface area contributed by atoms with Gasteiger partial charge in [0.2, 0.25) is 0 Å². The third-order valence-electron chi connectivity index (χ3n) is 3.14. The fourth-order valence-electron chi connectivity index (χ4n) is 1.76. The van der Waals surface area contributed by atoms with E-state index in [4.69, 9.17) is 4.74 Å². The number of carbonyl (C=O) groups is 1. The molecule has 0 saturated heterocycles. The first-order valence-corrected chi connectivity index (χ1v) is 6.73. The van der Waals surface area contributed by atoms with E-state index in [1.165, 1.54) is 0 Å². The summed E-state index contributed by atoms with van der Waals surface area (Å²) in [5, 5.41) is 11.9. The topological polar surface area (TPSA) is 58.6 Å². The average Bonchev–Trinajstić information content (AvgIpc) is 2.45. The highest BCUT2D eigenvalue weighted by molar-refractivity contribution is 5.67. The number of aliphatic hydroxyl groups is 1. The molecule has 0 aliphatic rings. The zero-order chi connectivity index (χ0) is 14.1. The number of alkyl carbamates (subject to hydrolysis) is 1. The minimum atomic E-state index is -0.480. The van der Waals surface area contributed by atoms with Crippen LogP contribution < -0.4 is 5.32 Å². The Morgan fingerprint density at radius 1 is 1.37 bits per heavy atom. The maximum Gasteiger partial charge on any atom is 0.407 e. The van der Waals surface area contributed by atoms with Crippen LogP contribution >= 0.6 is 0 Å². The van der Waals surface area contributed by atoms with Crippen LogP contribution in [0.4, 0.5) is 4.79 Å². The number of hydrogen-bond acceptors (Lipinski definition) is 3. The van der Waals surface area contributed by atoms with E-state index in [1.54, 1.807) is 0 Å². The Morgan fingerprint density at radius 3 is 2.63 bits per heavy atom. The van der Waals surface area contributed by atoms with Crippen LogP contribution in [0, 0.1) is 5.92 Å². The highest BCUT2D eigenvalue weighted by atomic mass is 16.5. The van der Waals surface area contributed by atoms with Gasteiger partial charge >= 0.3 is 6.09 Å². The van der Waals surface area contributed by atoms with Crippen molar-refractivity contribution < 1.29 is 14.6 Å². The van der Waals surface area contributed by atoms with Crippen LogP contribution in [0.2, 0.25) is 0 Å². The molecule has 0 aliphatic heterocycles. The minimum Gasteiger partial charge on any atom is -0.445 e. The molecule has 0 bridgehead atoms. The van der Waals surface area contributed by atoms with Crippen LogP contribution in [-0.4, -0.2) is 23.8 Å². The Morgan fingerprint density at radius 2 is 2.05 bits per heavy atom. The van der Waals surface area contributed by atoms with Crippen molar-refractivity contribution >= 4 is 6.09 Å². The van der Waals surface area contributed by atoms with Crippen molar-refractivity contribution in [3.8, 4) is 0 Å². The molecule has 0 heterocycles. The summed E-state index contributed by atoms with van der Waals surface area (Å²) in [7, 11) is 0. The van der Waals surface area contributed by atoms with Crippen molar-refractivity contribution in [1.82, 2.24) is 5.32 Å². The Balaban J connectivity index is 2.33. The van der Waals surface area contributed by atoms with Crippen molar-refractivity contribution in [2.24, 2.45) is 5.92 Å². The molecule has 4 nitrogen and oxygen atoms in total. The lowest BCUT2D eigenvalue weighted by Gasteiger charge is -2.19. The van der Waals surface area contributed by atoms with Crippen molar-refractivity contribution in [3.05, 3.63) is 35.9 Å². The second-order valence-corrected chi connectivity index (χ2v) is 4.83. The van der Waals surface area contributed by atoms with E-state index >= 15 is 0 Å². The molecule has 0 saturated carbocycles. The summed E-state index contributed by atoms with van der Waals surface area (Å²) in [5.41, 5.74) is 0.945. The Bertz CT molecular complexity index is 367. The standard InChI is InChI=1S/C15H23NO3/c1-3-12(2)9-14(10-17)16-15(18)19-11-13-7-5-4-6-8-13/h4-8,12,14,17H,3,9-11H2,1-2H3,(H,16,18). The quantitative estimate of drug-likeness (QED) is 0.797. The molecule has 106 valence electrons. The number of hydrogen-bond donors (Lipinski definition) is 2. The number of rotatable bonds is 7. The van der Waals surface area contributed by atoms with E-state index in [1.807, 2.05) is 30.3 Å². The predicted octanol–water partition coefficient (Wildman–Crippen LogP) is 2.71. The van der Waals surface area contributed by atoms with Crippen LogP contribution in [-0.2, 0) is 11.3 Å². The summed E-state index contributed by atoms with van der Waals surface area (Å²) in [6.07, 6.45) is 1.30. The molecular formula is C15H23NO3. The highest BCUT2D eigenvalue weighted by Crippen LogP contribution is 2.10. The minimum absolute atomic E-state index is 0.0647. The fourth-order valence-corrected chi connectivity index (χ4v) is 1.76. The lowest BCUT2D eigenvalue weighted by atomic mass is 10.00. The molecule has 1 aromatic carbocycles. The molecular weight excluding hydrogens is 242 g/mol. The summed E-state index contributed by atoms with van der Waals surface area (Å²) >= 11 is 0. The van der Waals surface area contributed by atoms with Gasteiger partial charge in [0.05, 0.1) is 12.6 Å². The van der Waals surface area contributed by atoms with Gasteiger partial charge in [-0.1, -0.05) is 50.6 Å². The van der Waals surface area contributed by atoms with Gasteiger partial charge in [0, 0.05) is 0 Å². The molecule has 0 fully saturated rings. The summed E-state index contributed by atoms with van der Waals surface area (Å²) in [6.45, 7) is 4.37. The molecule has 2 N–H and O–H groups in total. The van der Waals surface area contributed by atoms with Crippen LogP contribution in [0.25, 0.3) is 0 Å². The fraction of sp³-hybridized carbons (Fsp3) is 0.533. The van der Waals surface area contributed by atoms with E-state index < -0.39 is 6.09 Å². The van der Waals surface area contributed by atoms with Gasteiger partial charge in [0.15, 0.2) is 0 Å². The third kappa shape index (κ3) is 6.25. The van der Waals surface area contributed by atoms with Crippen molar-refractivity contribution in [2.45, 2.75) is 39.3 Å². The molecule has 0 aromatic heterocycles. The maximum absolute atomic E-state index is 11.6. The van der Waals surface area contributed by atoms with Crippen LogP contribution in [0.15, 0.2) is 30.3 Å². The Labute approximate surface area is 114 Å². The first-order chi connectivity index (χ1) is 9.15. The third-order valence-corrected chi connectivity index (χ3v) is 3.14. The first kappa shape index (κ1) is 15.5. The van der Waals surface area contributed by atoms with Gasteiger partial charge < -0.3 is 15.2 Å². The van der Waals surface area contributed by atoms with E-state index in [0.717, 1.165) is 18.4 Å². The zero-order valence-electron chi connectivity index (χ0n) is 11.6. The summed E-state index contributed by atoms with van der Waals surface area (Å²) < 4.78 is 5.11. The molecule has 1 rings (SSSR count). The number of nitrogens with one attached hydrogen (secondary N) is 1. The van der Waals surface area contributed by atoms with E-state index in [0.29, 0.717) is 5.92 Å². The highest BCUT2D eigenvalue weighted by Gasteiger charge is 2.14. The van der Waals surface area contributed by atoms with Crippen molar-refractivity contribution in [3.63, 3.8) is 0 Å². The molecule has 0 spiro atoms. The van der Waals surface area contributed by atoms with Gasteiger partial charge in [0.25, 0.3) is 0 Å². The molecule has 19 heavy (non-hydrogen) atoms. The SMILES string of the molecule is CCC(C)CC(CO)NC(=O)OCc1ccccc1. The number of benzene rings is 1. The lowest BCUT2D eigenvalue weighted by molar-refractivity contribution is 0.126. The average molecular weight is 265 g/mol. The smallest absolute Gasteiger partial charge is 0.407 e. The Kier molecular flexibility index (Phi) is 6.97. The summed E-state index contributed by atoms with van der Waals surface area (Å²) in [5.74, 6) is 0.464. The van der Waals surface area contributed by atoms with Gasteiger partial charge in [-0.15, -0.1) is 0 Å². The second kappa shape index (κ2) is 8.53. The second-order valence-electron chi connectivity index (χ2n) is 4.83. The van der Waals surface area contributed by atoms with Gasteiger partial charge in [-0.25, -0.2) is 4.79 Å². The predicted molar refractivity (Wildman–Crippen MR) is 74.7 cm³/mol. The van der Waals surface area contributed by atoms with Crippen LogP contribution in [0.3, 0.4) is 0 Å². The van der Waals surface area contributed by atoms with E-state index in [-0.39, 0.29) is 19.3 Å². The molecule has 0 radical (unpaired) electrons. The van der Waals surface area contributed by atoms with Gasteiger partial charge in [0.1, 0.15) is 6.61 Å². The van der Waals surface area contributed by atoms with Gasteiger partial charge in [-0.05, 0) is 17.9 Å². The van der Waals surface area contributed by atoms with Crippen LogP contribution in [0.1, 0.15) is 32.3 Å².